The highest BCUT2D eigenvalue weighted by Crippen LogP contribution is 2.29. The summed E-state index contributed by atoms with van der Waals surface area (Å²) in [6.07, 6.45) is 1.57. The molecule has 1 aliphatic rings. The van der Waals surface area contributed by atoms with Crippen molar-refractivity contribution in [1.29, 1.82) is 0 Å². The van der Waals surface area contributed by atoms with E-state index in [2.05, 4.69) is 20.6 Å². The maximum atomic E-state index is 13.7. The number of carbonyl (C=O) groups is 1. The van der Waals surface area contributed by atoms with Crippen molar-refractivity contribution in [3.63, 3.8) is 0 Å². The molecule has 0 spiro atoms. The van der Waals surface area contributed by atoms with E-state index in [1.165, 1.54) is 19.1 Å². The minimum atomic E-state index is -2.73. The number of pyridine rings is 1. The molecule has 4 rings (SSSR count). The van der Waals surface area contributed by atoms with Crippen molar-refractivity contribution in [2.24, 2.45) is 0 Å². The summed E-state index contributed by atoms with van der Waals surface area (Å²) in [7, 11) is 0. The fourth-order valence-corrected chi connectivity index (χ4v) is 3.82. The molecule has 1 N–H and O–H groups in total. The molecule has 0 aliphatic heterocycles. The number of hydrogen-bond donors (Lipinski definition) is 1. The molecular formula is C21H20F3N5O. The molecule has 1 amide bonds. The van der Waals surface area contributed by atoms with Gasteiger partial charge in [0.1, 0.15) is 11.5 Å². The third-order valence-corrected chi connectivity index (χ3v) is 5.07. The zero-order chi connectivity index (χ0) is 21.3. The molecule has 2 aromatic heterocycles. The SMILES string of the molecule is CC(=O)NC1CCCc2c1nnn2-c1cc(Cc2cc(F)cc(C(F)F)c2)ccn1. The Balaban J connectivity index is 1.62. The van der Waals surface area contributed by atoms with E-state index in [9.17, 15) is 18.0 Å². The van der Waals surface area contributed by atoms with Gasteiger partial charge in [-0.1, -0.05) is 5.21 Å². The van der Waals surface area contributed by atoms with Gasteiger partial charge in [-0.15, -0.1) is 5.10 Å². The predicted octanol–water partition coefficient (Wildman–Crippen LogP) is 3.84. The average molecular weight is 415 g/mol. The Morgan fingerprint density at radius 1 is 1.27 bits per heavy atom. The molecule has 1 atom stereocenters. The molecule has 1 aliphatic carbocycles. The molecule has 156 valence electrons. The highest BCUT2D eigenvalue weighted by molar-refractivity contribution is 5.73. The summed E-state index contributed by atoms with van der Waals surface area (Å²) >= 11 is 0. The number of rotatable bonds is 5. The summed E-state index contributed by atoms with van der Waals surface area (Å²) in [4.78, 5) is 15.8. The van der Waals surface area contributed by atoms with Crippen molar-refractivity contribution in [2.75, 3.05) is 0 Å². The Bertz CT molecular complexity index is 1080. The van der Waals surface area contributed by atoms with Crippen LogP contribution >= 0.6 is 0 Å². The highest BCUT2D eigenvalue weighted by atomic mass is 19.3. The van der Waals surface area contributed by atoms with Gasteiger partial charge in [0.05, 0.1) is 11.7 Å². The molecule has 30 heavy (non-hydrogen) atoms. The van der Waals surface area contributed by atoms with Gasteiger partial charge >= 0.3 is 0 Å². The van der Waals surface area contributed by atoms with Crippen molar-refractivity contribution in [3.8, 4) is 5.82 Å². The quantitative estimate of drug-likeness (QED) is 0.687. The van der Waals surface area contributed by atoms with Crippen LogP contribution in [0.15, 0.2) is 36.5 Å². The number of nitrogens with zero attached hydrogens (tertiary/aromatic N) is 4. The second-order valence-corrected chi connectivity index (χ2v) is 7.37. The van der Waals surface area contributed by atoms with Crippen LogP contribution in [0.4, 0.5) is 13.2 Å². The molecule has 9 heteroatoms. The number of aromatic nitrogens is 4. The lowest BCUT2D eigenvalue weighted by atomic mass is 9.96. The molecule has 1 aromatic carbocycles. The number of fused-ring (bicyclic) bond motifs is 1. The summed E-state index contributed by atoms with van der Waals surface area (Å²) in [5, 5.41) is 11.4. The molecule has 0 radical (unpaired) electrons. The van der Waals surface area contributed by atoms with Gasteiger partial charge in [0.2, 0.25) is 5.91 Å². The monoisotopic (exact) mass is 415 g/mol. The Labute approximate surface area is 171 Å². The first-order valence-corrected chi connectivity index (χ1v) is 9.65. The van der Waals surface area contributed by atoms with Gasteiger partial charge in [0.25, 0.3) is 6.43 Å². The maximum Gasteiger partial charge on any atom is 0.263 e. The molecule has 0 saturated carbocycles. The Morgan fingerprint density at radius 3 is 2.87 bits per heavy atom. The fourth-order valence-electron chi connectivity index (χ4n) is 3.82. The van der Waals surface area contributed by atoms with E-state index in [4.69, 9.17) is 0 Å². The van der Waals surface area contributed by atoms with Crippen LogP contribution in [0.1, 0.15) is 60.3 Å². The highest BCUT2D eigenvalue weighted by Gasteiger charge is 2.27. The lowest BCUT2D eigenvalue weighted by Gasteiger charge is -2.21. The van der Waals surface area contributed by atoms with Gasteiger partial charge in [0, 0.05) is 18.7 Å². The number of nitrogens with one attached hydrogen (secondary N) is 1. The Hall–Kier alpha value is -3.23. The van der Waals surface area contributed by atoms with E-state index in [-0.39, 0.29) is 23.9 Å². The zero-order valence-electron chi connectivity index (χ0n) is 16.3. The fraction of sp³-hybridized carbons (Fsp3) is 0.333. The summed E-state index contributed by atoms with van der Waals surface area (Å²) in [6, 6.07) is 6.76. The lowest BCUT2D eigenvalue weighted by Crippen LogP contribution is -2.29. The van der Waals surface area contributed by atoms with Gasteiger partial charge in [0.15, 0.2) is 5.82 Å². The second-order valence-electron chi connectivity index (χ2n) is 7.37. The van der Waals surface area contributed by atoms with Gasteiger partial charge in [-0.05, 0) is 67.1 Å². The standard InChI is InChI=1S/C21H20F3N5O/c1-12(30)26-17-3-2-4-18-20(17)27-28-29(18)19-10-13(5-6-25-19)7-14-8-15(21(23)24)11-16(22)9-14/h5-6,8-11,17,21H,2-4,7H2,1H3,(H,26,30). The van der Waals surface area contributed by atoms with Gasteiger partial charge < -0.3 is 5.32 Å². The van der Waals surface area contributed by atoms with Crippen LogP contribution in [0.25, 0.3) is 5.82 Å². The normalized spacial score (nSPS) is 15.8. The van der Waals surface area contributed by atoms with Gasteiger partial charge in [-0.25, -0.2) is 18.2 Å². The third-order valence-electron chi connectivity index (χ3n) is 5.07. The first-order valence-electron chi connectivity index (χ1n) is 9.65. The van der Waals surface area contributed by atoms with E-state index < -0.39 is 12.2 Å². The van der Waals surface area contributed by atoms with Crippen LogP contribution in [-0.2, 0) is 17.6 Å². The minimum Gasteiger partial charge on any atom is -0.348 e. The second kappa shape index (κ2) is 8.25. The van der Waals surface area contributed by atoms with E-state index in [0.29, 0.717) is 11.4 Å². The van der Waals surface area contributed by atoms with Crippen LogP contribution in [0.5, 0.6) is 0 Å². The topological polar surface area (TPSA) is 72.7 Å². The Morgan fingerprint density at radius 2 is 2.10 bits per heavy atom. The summed E-state index contributed by atoms with van der Waals surface area (Å²) in [5.74, 6) is -0.276. The molecule has 6 nitrogen and oxygen atoms in total. The number of amides is 1. The number of halogens is 3. The molecule has 2 heterocycles. The van der Waals surface area contributed by atoms with Gasteiger partial charge in [-0.2, -0.15) is 4.68 Å². The van der Waals surface area contributed by atoms with Crippen molar-refractivity contribution >= 4 is 5.91 Å². The first-order chi connectivity index (χ1) is 14.4. The van der Waals surface area contributed by atoms with Crippen LogP contribution in [0, 0.1) is 5.82 Å². The van der Waals surface area contributed by atoms with Crippen molar-refractivity contribution in [2.45, 2.75) is 45.1 Å². The molecule has 0 fully saturated rings. The molecular weight excluding hydrogens is 395 g/mol. The van der Waals surface area contributed by atoms with E-state index in [1.54, 1.807) is 23.0 Å². The van der Waals surface area contributed by atoms with Crippen molar-refractivity contribution in [1.82, 2.24) is 25.3 Å². The number of alkyl halides is 2. The Kier molecular flexibility index (Phi) is 5.52. The number of carbonyl (C=O) groups excluding carboxylic acids is 1. The molecule has 0 bridgehead atoms. The largest absolute Gasteiger partial charge is 0.348 e. The molecule has 0 saturated heterocycles. The first kappa shape index (κ1) is 20.1. The number of benzene rings is 1. The van der Waals surface area contributed by atoms with E-state index in [0.717, 1.165) is 42.3 Å². The van der Waals surface area contributed by atoms with Crippen LogP contribution in [-0.4, -0.2) is 25.9 Å². The molecule has 3 aromatic rings. The minimum absolute atomic E-state index is 0.124. The summed E-state index contributed by atoms with van der Waals surface area (Å²) < 4.78 is 41.3. The predicted molar refractivity (Wildman–Crippen MR) is 103 cm³/mol. The van der Waals surface area contributed by atoms with Crippen LogP contribution in [0.2, 0.25) is 0 Å². The number of hydrogen-bond acceptors (Lipinski definition) is 4. The molecule has 1 unspecified atom stereocenters. The van der Waals surface area contributed by atoms with Gasteiger partial charge in [-0.3, -0.25) is 4.79 Å². The summed E-state index contributed by atoms with van der Waals surface area (Å²) in [5.41, 5.74) is 2.51. The van der Waals surface area contributed by atoms with Crippen molar-refractivity contribution in [3.05, 3.63) is 70.4 Å². The summed E-state index contributed by atoms with van der Waals surface area (Å²) in [6.45, 7) is 1.47. The van der Waals surface area contributed by atoms with Crippen LogP contribution in [0.3, 0.4) is 0 Å². The van der Waals surface area contributed by atoms with E-state index >= 15 is 0 Å². The smallest absolute Gasteiger partial charge is 0.263 e. The average Bonchev–Trinajstić information content (AvgIpc) is 3.12. The van der Waals surface area contributed by atoms with Crippen LogP contribution < -0.4 is 5.32 Å². The maximum absolute atomic E-state index is 13.7. The third kappa shape index (κ3) is 4.19. The lowest BCUT2D eigenvalue weighted by molar-refractivity contribution is -0.119. The zero-order valence-corrected chi connectivity index (χ0v) is 16.3. The van der Waals surface area contributed by atoms with Crippen molar-refractivity contribution < 1.29 is 18.0 Å². The van der Waals surface area contributed by atoms with E-state index in [1.807, 2.05) is 0 Å².